The van der Waals surface area contributed by atoms with E-state index in [1.807, 2.05) is 49.4 Å². The largest absolute Gasteiger partial charge is 0.493 e. The van der Waals surface area contributed by atoms with Crippen molar-refractivity contribution in [1.29, 1.82) is 0 Å². The zero-order valence-corrected chi connectivity index (χ0v) is 17.2. The molecule has 136 valence electrons. The van der Waals surface area contributed by atoms with Gasteiger partial charge < -0.3 is 20.1 Å². The number of benzene rings is 2. The first kappa shape index (κ1) is 21.1. The highest BCUT2D eigenvalue weighted by atomic mass is 127. The molecule has 2 N–H and O–H groups in total. The lowest BCUT2D eigenvalue weighted by atomic mass is 10.2. The molecule has 6 heteroatoms. The molecule has 0 saturated heterocycles. The van der Waals surface area contributed by atoms with Crippen LogP contribution in [0.3, 0.4) is 0 Å². The molecule has 0 bridgehead atoms. The number of nitrogens with zero attached hydrogens (tertiary/aromatic N) is 1. The topological polar surface area (TPSA) is 54.9 Å². The lowest BCUT2D eigenvalue weighted by molar-refractivity contribution is 0.213. The first-order valence-corrected chi connectivity index (χ1v) is 8.01. The van der Waals surface area contributed by atoms with Crippen LogP contribution in [0, 0.1) is 0 Å². The highest BCUT2D eigenvalue weighted by Gasteiger charge is 2.09. The molecule has 0 radical (unpaired) electrons. The molecule has 25 heavy (non-hydrogen) atoms. The van der Waals surface area contributed by atoms with Crippen LogP contribution < -0.4 is 20.1 Å². The van der Waals surface area contributed by atoms with Crippen LogP contribution in [-0.4, -0.2) is 32.8 Å². The summed E-state index contributed by atoms with van der Waals surface area (Å²) < 4.78 is 11.2. The molecular formula is C19H26IN3O2. The van der Waals surface area contributed by atoms with Crippen LogP contribution in [0.2, 0.25) is 0 Å². The van der Waals surface area contributed by atoms with E-state index in [4.69, 9.17) is 9.47 Å². The Morgan fingerprint density at radius 3 is 2.28 bits per heavy atom. The lowest BCUT2D eigenvalue weighted by Crippen LogP contribution is -2.41. The van der Waals surface area contributed by atoms with Gasteiger partial charge in [0, 0.05) is 13.6 Å². The maximum Gasteiger partial charge on any atom is 0.191 e. The number of halogens is 1. The molecule has 0 aliphatic heterocycles. The average molecular weight is 455 g/mol. The number of ether oxygens (including phenoxy) is 2. The van der Waals surface area contributed by atoms with Crippen LogP contribution in [-0.2, 0) is 6.54 Å². The Labute approximate surface area is 166 Å². The van der Waals surface area contributed by atoms with Crippen LogP contribution in [0.15, 0.2) is 59.6 Å². The van der Waals surface area contributed by atoms with E-state index in [0.717, 1.165) is 24.0 Å². The Bertz CT molecular complexity index is 650. The van der Waals surface area contributed by atoms with Crippen LogP contribution >= 0.6 is 24.0 Å². The van der Waals surface area contributed by atoms with Gasteiger partial charge in [-0.3, -0.25) is 4.99 Å². The van der Waals surface area contributed by atoms with Crippen molar-refractivity contribution < 1.29 is 9.47 Å². The Kier molecular flexibility index (Phi) is 9.76. The van der Waals surface area contributed by atoms with Crippen molar-refractivity contribution in [2.24, 2.45) is 4.99 Å². The smallest absolute Gasteiger partial charge is 0.191 e. The summed E-state index contributed by atoms with van der Waals surface area (Å²) in [4.78, 5) is 4.23. The molecule has 0 heterocycles. The molecule has 2 aromatic carbocycles. The third-order valence-electron chi connectivity index (χ3n) is 3.48. The second-order valence-corrected chi connectivity index (χ2v) is 5.37. The summed E-state index contributed by atoms with van der Waals surface area (Å²) in [6.07, 6.45) is -0.0309. The highest BCUT2D eigenvalue weighted by molar-refractivity contribution is 14.0. The molecule has 0 spiro atoms. The van der Waals surface area contributed by atoms with Crippen molar-refractivity contribution in [3.8, 4) is 11.5 Å². The molecule has 1 atom stereocenters. The third kappa shape index (κ3) is 7.21. The molecule has 0 amide bonds. The summed E-state index contributed by atoms with van der Waals surface area (Å²) in [6, 6.07) is 17.8. The van der Waals surface area contributed by atoms with E-state index in [1.54, 1.807) is 14.2 Å². The van der Waals surface area contributed by atoms with Crippen molar-refractivity contribution in [3.63, 3.8) is 0 Å². The van der Waals surface area contributed by atoms with Gasteiger partial charge in [-0.1, -0.05) is 42.5 Å². The van der Waals surface area contributed by atoms with E-state index >= 15 is 0 Å². The molecule has 0 aliphatic carbocycles. The van der Waals surface area contributed by atoms with Gasteiger partial charge in [0.05, 0.1) is 13.7 Å². The fourth-order valence-electron chi connectivity index (χ4n) is 2.22. The van der Waals surface area contributed by atoms with Gasteiger partial charge in [-0.25, -0.2) is 0 Å². The number of rotatable bonds is 7. The lowest BCUT2D eigenvalue weighted by Gasteiger charge is -2.19. The predicted molar refractivity (Wildman–Crippen MR) is 113 cm³/mol. The van der Waals surface area contributed by atoms with E-state index in [9.17, 15) is 0 Å². The van der Waals surface area contributed by atoms with Gasteiger partial charge in [-0.2, -0.15) is 0 Å². The first-order valence-electron chi connectivity index (χ1n) is 8.01. The minimum absolute atomic E-state index is 0. The number of nitrogens with one attached hydrogen (secondary N) is 2. The van der Waals surface area contributed by atoms with E-state index < -0.39 is 0 Å². The summed E-state index contributed by atoms with van der Waals surface area (Å²) >= 11 is 0. The Morgan fingerprint density at radius 1 is 1.00 bits per heavy atom. The maximum atomic E-state index is 5.92. The molecule has 5 nitrogen and oxygen atoms in total. The highest BCUT2D eigenvalue weighted by Crippen LogP contribution is 2.26. The fourth-order valence-corrected chi connectivity index (χ4v) is 2.22. The van der Waals surface area contributed by atoms with Crippen molar-refractivity contribution in [2.45, 2.75) is 19.6 Å². The van der Waals surface area contributed by atoms with E-state index in [2.05, 4.69) is 27.8 Å². The summed E-state index contributed by atoms with van der Waals surface area (Å²) in [5.41, 5.74) is 1.21. The molecule has 0 saturated carbocycles. The Balaban J connectivity index is 0.00000312. The normalized spacial score (nSPS) is 11.9. The van der Waals surface area contributed by atoms with Crippen molar-refractivity contribution >= 4 is 29.9 Å². The summed E-state index contributed by atoms with van der Waals surface area (Å²) in [6.45, 7) is 3.36. The van der Waals surface area contributed by atoms with Crippen LogP contribution in [0.25, 0.3) is 0 Å². The van der Waals surface area contributed by atoms with Gasteiger partial charge in [0.15, 0.2) is 17.5 Å². The number of hydrogen-bond acceptors (Lipinski definition) is 3. The van der Waals surface area contributed by atoms with Crippen molar-refractivity contribution in [1.82, 2.24) is 10.6 Å². The van der Waals surface area contributed by atoms with Gasteiger partial charge in [0.1, 0.15) is 6.10 Å². The summed E-state index contributed by atoms with van der Waals surface area (Å²) in [7, 11) is 3.40. The van der Waals surface area contributed by atoms with Crippen LogP contribution in [0.5, 0.6) is 11.5 Å². The summed E-state index contributed by atoms with van der Waals surface area (Å²) in [5, 5.41) is 6.56. The molecular weight excluding hydrogens is 429 g/mol. The molecule has 2 aromatic rings. The zero-order valence-electron chi connectivity index (χ0n) is 14.9. The zero-order chi connectivity index (χ0) is 17.2. The second-order valence-electron chi connectivity index (χ2n) is 5.37. The molecule has 1 unspecified atom stereocenters. The molecule has 0 aromatic heterocycles. The number of guanidine groups is 1. The molecule has 2 rings (SSSR count). The number of aliphatic imine (C=N–C) groups is 1. The number of para-hydroxylation sites is 2. The molecule has 0 aliphatic rings. The van der Waals surface area contributed by atoms with Crippen molar-refractivity contribution in [3.05, 3.63) is 60.2 Å². The van der Waals surface area contributed by atoms with E-state index in [0.29, 0.717) is 6.54 Å². The standard InChI is InChI=1S/C19H25N3O2.HI/c1-15(24-18-12-8-7-11-17(18)23-3)13-21-19(20-2)22-14-16-9-5-4-6-10-16;/h4-12,15H,13-14H2,1-3H3,(H2,20,21,22);1H. The molecule has 0 fully saturated rings. The minimum atomic E-state index is -0.0309. The summed E-state index contributed by atoms with van der Waals surface area (Å²) in [5.74, 6) is 2.21. The van der Waals surface area contributed by atoms with E-state index in [1.165, 1.54) is 5.56 Å². The minimum Gasteiger partial charge on any atom is -0.493 e. The quantitative estimate of drug-likeness (QED) is 0.382. The Morgan fingerprint density at radius 2 is 1.64 bits per heavy atom. The maximum absolute atomic E-state index is 5.92. The first-order chi connectivity index (χ1) is 11.7. The van der Waals surface area contributed by atoms with E-state index in [-0.39, 0.29) is 30.1 Å². The van der Waals surface area contributed by atoms with Gasteiger partial charge >= 0.3 is 0 Å². The van der Waals surface area contributed by atoms with Crippen molar-refractivity contribution in [2.75, 3.05) is 20.7 Å². The third-order valence-corrected chi connectivity index (χ3v) is 3.48. The monoisotopic (exact) mass is 455 g/mol. The van der Waals surface area contributed by atoms with Crippen LogP contribution in [0.1, 0.15) is 12.5 Å². The second kappa shape index (κ2) is 11.6. The van der Waals surface area contributed by atoms with Crippen LogP contribution in [0.4, 0.5) is 0 Å². The average Bonchev–Trinajstić information content (AvgIpc) is 2.63. The Hall–Kier alpha value is -1.96. The SMILES string of the molecule is CN=C(NCc1ccccc1)NCC(C)Oc1ccccc1OC.I. The van der Waals surface area contributed by atoms with Gasteiger partial charge in [0.2, 0.25) is 0 Å². The van der Waals surface area contributed by atoms with Gasteiger partial charge in [-0.15, -0.1) is 24.0 Å². The predicted octanol–water partition coefficient (Wildman–Crippen LogP) is 3.45. The number of hydrogen-bond donors (Lipinski definition) is 2. The van der Waals surface area contributed by atoms with Gasteiger partial charge in [-0.05, 0) is 24.6 Å². The number of methoxy groups -OCH3 is 1. The van der Waals surface area contributed by atoms with Gasteiger partial charge in [0.25, 0.3) is 0 Å². The fraction of sp³-hybridized carbons (Fsp3) is 0.316.